The van der Waals surface area contributed by atoms with Crippen LogP contribution in [0.4, 0.5) is 5.82 Å². The Morgan fingerprint density at radius 3 is 2.55 bits per heavy atom. The van der Waals surface area contributed by atoms with E-state index >= 15 is 0 Å². The van der Waals surface area contributed by atoms with Crippen LogP contribution in [-0.2, 0) is 10.0 Å². The molecule has 1 unspecified atom stereocenters. The molecule has 1 N–H and O–H groups in total. The SMILES string of the molecule is CCNc1ccc(S(=O)(=O)N(C)C(CC)CSC)cn1. The Labute approximate surface area is 126 Å². The van der Waals surface area contributed by atoms with Gasteiger partial charge < -0.3 is 5.32 Å². The molecule has 0 radical (unpaired) electrons. The lowest BCUT2D eigenvalue weighted by atomic mass is 10.3. The highest BCUT2D eigenvalue weighted by molar-refractivity contribution is 7.98. The predicted molar refractivity (Wildman–Crippen MR) is 85.8 cm³/mol. The second-order valence-corrected chi connectivity index (χ2v) is 7.36. The van der Waals surface area contributed by atoms with Crippen molar-refractivity contribution in [1.29, 1.82) is 0 Å². The smallest absolute Gasteiger partial charge is 0.244 e. The van der Waals surface area contributed by atoms with Crippen molar-refractivity contribution in [3.63, 3.8) is 0 Å². The molecule has 7 heteroatoms. The van der Waals surface area contributed by atoms with E-state index in [1.165, 1.54) is 10.5 Å². The van der Waals surface area contributed by atoms with Crippen LogP contribution in [0.15, 0.2) is 23.2 Å². The zero-order chi connectivity index (χ0) is 15.2. The lowest BCUT2D eigenvalue weighted by molar-refractivity contribution is 0.385. The second-order valence-electron chi connectivity index (χ2n) is 4.45. The molecule has 0 spiro atoms. The van der Waals surface area contributed by atoms with E-state index in [1.807, 2.05) is 20.1 Å². The van der Waals surface area contributed by atoms with E-state index in [1.54, 1.807) is 30.9 Å². The van der Waals surface area contributed by atoms with Gasteiger partial charge in [0.2, 0.25) is 10.0 Å². The molecule has 20 heavy (non-hydrogen) atoms. The number of hydrogen-bond donors (Lipinski definition) is 1. The number of anilines is 1. The largest absolute Gasteiger partial charge is 0.370 e. The molecule has 0 aliphatic carbocycles. The molecule has 1 heterocycles. The minimum atomic E-state index is -3.47. The van der Waals surface area contributed by atoms with Gasteiger partial charge in [0.15, 0.2) is 0 Å². The highest BCUT2D eigenvalue weighted by atomic mass is 32.2. The summed E-state index contributed by atoms with van der Waals surface area (Å²) in [6.45, 7) is 4.72. The first-order valence-corrected chi connectivity index (χ1v) is 9.47. The Bertz CT molecular complexity index is 503. The van der Waals surface area contributed by atoms with Crippen LogP contribution in [-0.4, -0.2) is 49.3 Å². The summed E-state index contributed by atoms with van der Waals surface area (Å²) in [5.74, 6) is 1.47. The molecule has 1 aromatic rings. The molecule has 0 aromatic carbocycles. The van der Waals surface area contributed by atoms with Crippen LogP contribution in [0.2, 0.25) is 0 Å². The van der Waals surface area contributed by atoms with Gasteiger partial charge in [0, 0.05) is 31.6 Å². The van der Waals surface area contributed by atoms with Gasteiger partial charge in [-0.05, 0) is 31.7 Å². The van der Waals surface area contributed by atoms with E-state index in [9.17, 15) is 8.42 Å². The Morgan fingerprint density at radius 1 is 1.40 bits per heavy atom. The van der Waals surface area contributed by atoms with Crippen LogP contribution in [0.3, 0.4) is 0 Å². The predicted octanol–water partition coefficient (Wildman–Crippen LogP) is 2.28. The van der Waals surface area contributed by atoms with Crippen molar-refractivity contribution in [2.75, 3.05) is 30.9 Å². The van der Waals surface area contributed by atoms with Gasteiger partial charge in [-0.15, -0.1) is 0 Å². The molecule has 0 aliphatic heterocycles. The van der Waals surface area contributed by atoms with E-state index in [0.29, 0.717) is 5.82 Å². The standard InChI is InChI=1S/C13H23N3O2S2/c1-5-11(10-19-4)16(3)20(17,18)12-7-8-13(14-6-2)15-9-12/h7-9,11H,5-6,10H2,1-4H3,(H,14,15). The Hall–Kier alpha value is -0.790. The maximum atomic E-state index is 12.5. The maximum Gasteiger partial charge on any atom is 0.244 e. The zero-order valence-corrected chi connectivity index (χ0v) is 14.1. The van der Waals surface area contributed by atoms with Crippen LogP contribution in [0.1, 0.15) is 20.3 Å². The van der Waals surface area contributed by atoms with Crippen LogP contribution in [0, 0.1) is 0 Å². The summed E-state index contributed by atoms with van der Waals surface area (Å²) in [5.41, 5.74) is 0. The van der Waals surface area contributed by atoms with E-state index < -0.39 is 10.0 Å². The van der Waals surface area contributed by atoms with Crippen LogP contribution in [0.5, 0.6) is 0 Å². The Morgan fingerprint density at radius 2 is 2.10 bits per heavy atom. The fraction of sp³-hybridized carbons (Fsp3) is 0.615. The molecule has 0 fully saturated rings. The average molecular weight is 317 g/mol. The monoisotopic (exact) mass is 317 g/mol. The van der Waals surface area contributed by atoms with Gasteiger partial charge in [-0.1, -0.05) is 6.92 Å². The zero-order valence-electron chi connectivity index (χ0n) is 12.5. The van der Waals surface area contributed by atoms with Crippen molar-refractivity contribution in [3.8, 4) is 0 Å². The molecule has 1 aromatic heterocycles. The number of nitrogens with one attached hydrogen (secondary N) is 1. The highest BCUT2D eigenvalue weighted by Gasteiger charge is 2.26. The molecule has 1 rings (SSSR count). The van der Waals surface area contributed by atoms with E-state index in [2.05, 4.69) is 10.3 Å². The average Bonchev–Trinajstić information content (AvgIpc) is 2.45. The molecule has 0 saturated carbocycles. The summed E-state index contributed by atoms with van der Waals surface area (Å²) in [5, 5.41) is 3.05. The van der Waals surface area contributed by atoms with E-state index in [4.69, 9.17) is 0 Å². The minimum absolute atomic E-state index is 0.00319. The van der Waals surface area contributed by atoms with Crippen molar-refractivity contribution >= 4 is 27.6 Å². The fourth-order valence-corrected chi connectivity index (χ4v) is 4.17. The van der Waals surface area contributed by atoms with E-state index in [0.717, 1.165) is 18.7 Å². The normalized spacial score (nSPS) is 13.4. The number of aromatic nitrogens is 1. The van der Waals surface area contributed by atoms with Gasteiger partial charge in [-0.3, -0.25) is 0 Å². The highest BCUT2D eigenvalue weighted by Crippen LogP contribution is 2.20. The number of nitrogens with zero attached hydrogens (tertiary/aromatic N) is 2. The summed E-state index contributed by atoms with van der Waals surface area (Å²) >= 11 is 1.65. The summed E-state index contributed by atoms with van der Waals surface area (Å²) in [7, 11) is -1.84. The third-order valence-corrected chi connectivity index (χ3v) is 5.73. The van der Waals surface area contributed by atoms with Gasteiger partial charge in [0.1, 0.15) is 10.7 Å². The van der Waals surface area contributed by atoms with Gasteiger partial charge in [0.05, 0.1) is 0 Å². The van der Waals surface area contributed by atoms with Gasteiger partial charge in [-0.2, -0.15) is 16.1 Å². The number of hydrogen-bond acceptors (Lipinski definition) is 5. The summed E-state index contributed by atoms with van der Waals surface area (Å²) in [6, 6.07) is 3.30. The van der Waals surface area contributed by atoms with Crippen LogP contribution >= 0.6 is 11.8 Å². The van der Waals surface area contributed by atoms with Crippen molar-refractivity contribution in [3.05, 3.63) is 18.3 Å². The quantitative estimate of drug-likeness (QED) is 0.797. The molecule has 1 atom stereocenters. The third-order valence-electron chi connectivity index (χ3n) is 3.12. The van der Waals surface area contributed by atoms with Crippen molar-refractivity contribution < 1.29 is 8.42 Å². The van der Waals surface area contributed by atoms with Gasteiger partial charge >= 0.3 is 0 Å². The first-order valence-electron chi connectivity index (χ1n) is 6.64. The van der Waals surface area contributed by atoms with Crippen molar-refractivity contribution in [2.45, 2.75) is 31.2 Å². The van der Waals surface area contributed by atoms with Crippen LogP contribution in [0.25, 0.3) is 0 Å². The molecule has 0 bridgehead atoms. The lowest BCUT2D eigenvalue weighted by Crippen LogP contribution is -2.38. The topological polar surface area (TPSA) is 62.3 Å². The minimum Gasteiger partial charge on any atom is -0.370 e. The number of rotatable bonds is 8. The Kier molecular flexibility index (Phi) is 6.78. The van der Waals surface area contributed by atoms with Crippen LogP contribution < -0.4 is 5.32 Å². The summed E-state index contributed by atoms with van der Waals surface area (Å²) in [4.78, 5) is 4.36. The second kappa shape index (κ2) is 7.85. The Balaban J connectivity index is 2.97. The first kappa shape index (κ1) is 17.3. The van der Waals surface area contributed by atoms with Gasteiger partial charge in [-0.25, -0.2) is 13.4 Å². The number of thioether (sulfide) groups is 1. The number of pyridine rings is 1. The maximum absolute atomic E-state index is 12.5. The molecule has 114 valence electrons. The molecular formula is C13H23N3O2S2. The summed E-state index contributed by atoms with van der Waals surface area (Å²) in [6.07, 6.45) is 4.19. The van der Waals surface area contributed by atoms with Crippen molar-refractivity contribution in [2.24, 2.45) is 0 Å². The molecule has 0 saturated heterocycles. The molecular weight excluding hydrogens is 294 g/mol. The summed E-state index contributed by atoms with van der Waals surface area (Å²) < 4.78 is 26.5. The fourth-order valence-electron chi connectivity index (χ4n) is 1.85. The van der Waals surface area contributed by atoms with E-state index in [-0.39, 0.29) is 10.9 Å². The third kappa shape index (κ3) is 4.10. The molecule has 5 nitrogen and oxygen atoms in total. The number of sulfonamides is 1. The van der Waals surface area contributed by atoms with Crippen molar-refractivity contribution in [1.82, 2.24) is 9.29 Å². The first-order chi connectivity index (χ1) is 9.47. The molecule has 0 aliphatic rings. The molecule has 0 amide bonds. The van der Waals surface area contributed by atoms with Gasteiger partial charge in [0.25, 0.3) is 0 Å². The lowest BCUT2D eigenvalue weighted by Gasteiger charge is -2.25.